The van der Waals surface area contributed by atoms with Crippen LogP contribution in [-0.2, 0) is 4.74 Å². The van der Waals surface area contributed by atoms with E-state index in [2.05, 4.69) is 23.9 Å². The number of halogens is 3. The fourth-order valence-electron chi connectivity index (χ4n) is 2.52. The highest BCUT2D eigenvalue weighted by Gasteiger charge is 2.27. The average Bonchev–Trinajstić information content (AvgIpc) is 2.27. The van der Waals surface area contributed by atoms with Crippen molar-refractivity contribution in [1.82, 2.24) is 5.32 Å². The minimum Gasteiger partial charge on any atom is -0.372 e. The predicted octanol–water partition coefficient (Wildman–Crippen LogP) is 3.37. The highest BCUT2D eigenvalue weighted by atomic mass is 19.4. The number of ether oxygens (including phenoxy) is 1. The van der Waals surface area contributed by atoms with Gasteiger partial charge in [-0.15, -0.1) is 0 Å². The highest BCUT2D eigenvalue weighted by Crippen LogP contribution is 2.29. The normalized spacial score (nSPS) is 29.5. The van der Waals surface area contributed by atoms with Gasteiger partial charge in [0.05, 0.1) is 0 Å². The van der Waals surface area contributed by atoms with Crippen LogP contribution in [0.3, 0.4) is 0 Å². The molecule has 1 saturated carbocycles. The molecule has 0 aromatic heterocycles. The molecule has 0 heterocycles. The topological polar surface area (TPSA) is 21.3 Å². The van der Waals surface area contributed by atoms with Gasteiger partial charge < -0.3 is 10.1 Å². The number of hydrogen-bond acceptors (Lipinski definition) is 2. The Labute approximate surface area is 107 Å². The second-order valence-corrected chi connectivity index (χ2v) is 5.35. The van der Waals surface area contributed by atoms with Crippen molar-refractivity contribution in [2.24, 2.45) is 11.8 Å². The summed E-state index contributed by atoms with van der Waals surface area (Å²) in [6, 6.07) is 0.511. The van der Waals surface area contributed by atoms with Gasteiger partial charge in [0.2, 0.25) is 0 Å². The molecule has 108 valence electrons. The second-order valence-electron chi connectivity index (χ2n) is 5.35. The quantitative estimate of drug-likeness (QED) is 0.745. The van der Waals surface area contributed by atoms with Crippen molar-refractivity contribution < 1.29 is 17.9 Å². The molecule has 0 aromatic rings. The Morgan fingerprint density at radius 3 is 2.61 bits per heavy atom. The minimum atomic E-state index is -4.21. The van der Waals surface area contributed by atoms with Gasteiger partial charge in [0.15, 0.2) is 0 Å². The molecule has 2 nitrogen and oxygen atoms in total. The first-order valence-corrected chi connectivity index (χ1v) is 6.78. The third-order valence-electron chi connectivity index (χ3n) is 3.84. The van der Waals surface area contributed by atoms with Crippen molar-refractivity contribution >= 4 is 0 Å². The van der Waals surface area contributed by atoms with E-state index in [0.29, 0.717) is 18.4 Å². The maximum atomic E-state index is 11.8. The molecule has 0 amide bonds. The molecule has 1 aliphatic rings. The van der Waals surface area contributed by atoms with Crippen molar-refractivity contribution in [1.29, 1.82) is 0 Å². The van der Waals surface area contributed by atoms with Gasteiger partial charge in [-0.3, -0.25) is 0 Å². The maximum absolute atomic E-state index is 11.8. The minimum absolute atomic E-state index is 0.170. The molecule has 1 rings (SSSR count). The van der Waals surface area contributed by atoms with E-state index in [1.165, 1.54) is 19.3 Å². The van der Waals surface area contributed by atoms with Gasteiger partial charge in [-0.2, -0.15) is 13.2 Å². The van der Waals surface area contributed by atoms with Crippen molar-refractivity contribution in [3.63, 3.8) is 0 Å². The van der Waals surface area contributed by atoms with Gasteiger partial charge in [0.25, 0.3) is 0 Å². The second kappa shape index (κ2) is 7.34. The number of rotatable bonds is 6. The Bertz CT molecular complexity index is 233. The fraction of sp³-hybridized carbons (Fsp3) is 1.00. The Morgan fingerprint density at radius 2 is 1.94 bits per heavy atom. The van der Waals surface area contributed by atoms with E-state index in [1.807, 2.05) is 0 Å². The van der Waals surface area contributed by atoms with Gasteiger partial charge in [0.1, 0.15) is 6.61 Å². The van der Waals surface area contributed by atoms with Gasteiger partial charge in [-0.1, -0.05) is 26.7 Å². The Balaban J connectivity index is 2.04. The SMILES string of the molecule is CC1CCCC(NCCCOCC(F)(F)F)C1C. The van der Waals surface area contributed by atoms with E-state index in [1.54, 1.807) is 0 Å². The molecule has 0 aromatic carbocycles. The summed E-state index contributed by atoms with van der Waals surface area (Å²) in [4.78, 5) is 0. The number of nitrogens with one attached hydrogen (secondary N) is 1. The molecule has 5 heteroatoms. The van der Waals surface area contributed by atoms with Crippen LogP contribution in [-0.4, -0.2) is 32.0 Å². The first-order chi connectivity index (χ1) is 8.40. The zero-order valence-electron chi connectivity index (χ0n) is 11.2. The van der Waals surface area contributed by atoms with E-state index in [0.717, 1.165) is 12.5 Å². The van der Waals surface area contributed by atoms with Crippen LogP contribution in [0.5, 0.6) is 0 Å². The molecule has 3 unspecified atom stereocenters. The largest absolute Gasteiger partial charge is 0.411 e. The van der Waals surface area contributed by atoms with Crippen LogP contribution in [0.4, 0.5) is 13.2 Å². The first-order valence-electron chi connectivity index (χ1n) is 6.78. The zero-order chi connectivity index (χ0) is 13.6. The first kappa shape index (κ1) is 15.8. The molecular formula is C13H24F3NO. The van der Waals surface area contributed by atoms with Crippen molar-refractivity contribution in [3.8, 4) is 0 Å². The number of hydrogen-bond donors (Lipinski definition) is 1. The smallest absolute Gasteiger partial charge is 0.372 e. The van der Waals surface area contributed by atoms with Crippen molar-refractivity contribution in [3.05, 3.63) is 0 Å². The molecule has 0 saturated heterocycles. The highest BCUT2D eigenvalue weighted by molar-refractivity contribution is 4.81. The molecular weight excluding hydrogens is 243 g/mol. The van der Waals surface area contributed by atoms with Crippen LogP contribution in [0.1, 0.15) is 39.5 Å². The Kier molecular flexibility index (Phi) is 6.43. The summed E-state index contributed by atoms with van der Waals surface area (Å²) < 4.78 is 40.0. The summed E-state index contributed by atoms with van der Waals surface area (Å²) in [5.74, 6) is 1.38. The van der Waals surface area contributed by atoms with Gasteiger partial charge in [-0.25, -0.2) is 0 Å². The molecule has 18 heavy (non-hydrogen) atoms. The van der Waals surface area contributed by atoms with E-state index in [9.17, 15) is 13.2 Å². The summed E-state index contributed by atoms with van der Waals surface area (Å²) in [6.07, 6.45) is 0.130. The van der Waals surface area contributed by atoms with Crippen LogP contribution in [0.2, 0.25) is 0 Å². The molecule has 1 aliphatic carbocycles. The molecule has 3 atom stereocenters. The molecule has 0 spiro atoms. The lowest BCUT2D eigenvalue weighted by Crippen LogP contribution is -2.41. The van der Waals surface area contributed by atoms with E-state index >= 15 is 0 Å². The van der Waals surface area contributed by atoms with Crippen LogP contribution < -0.4 is 5.32 Å². The molecule has 0 bridgehead atoms. The van der Waals surface area contributed by atoms with E-state index in [4.69, 9.17) is 0 Å². The molecule has 0 radical (unpaired) electrons. The summed E-state index contributed by atoms with van der Waals surface area (Å²) >= 11 is 0. The lowest BCUT2D eigenvalue weighted by atomic mass is 9.78. The maximum Gasteiger partial charge on any atom is 0.411 e. The Hall–Kier alpha value is -0.290. The van der Waals surface area contributed by atoms with Crippen LogP contribution in [0.15, 0.2) is 0 Å². The molecule has 0 aliphatic heterocycles. The van der Waals surface area contributed by atoms with Gasteiger partial charge in [0, 0.05) is 12.6 Å². The molecule has 1 N–H and O–H groups in total. The summed E-state index contributed by atoms with van der Waals surface area (Å²) in [7, 11) is 0. The lowest BCUT2D eigenvalue weighted by Gasteiger charge is -2.34. The van der Waals surface area contributed by atoms with Crippen molar-refractivity contribution in [2.45, 2.75) is 51.7 Å². The van der Waals surface area contributed by atoms with E-state index in [-0.39, 0.29) is 6.61 Å². The summed E-state index contributed by atoms with van der Waals surface area (Å²) in [5, 5.41) is 3.44. The summed E-state index contributed by atoms with van der Waals surface area (Å²) in [5.41, 5.74) is 0. The monoisotopic (exact) mass is 267 g/mol. The fourth-order valence-corrected chi connectivity index (χ4v) is 2.52. The van der Waals surface area contributed by atoms with Crippen LogP contribution in [0, 0.1) is 11.8 Å². The standard InChI is InChI=1S/C13H24F3NO/c1-10-5-3-6-12(11(10)2)17-7-4-8-18-9-13(14,15)16/h10-12,17H,3-9H2,1-2H3. The predicted molar refractivity (Wildman–Crippen MR) is 65.5 cm³/mol. The van der Waals surface area contributed by atoms with Gasteiger partial charge >= 0.3 is 6.18 Å². The zero-order valence-corrected chi connectivity index (χ0v) is 11.2. The number of alkyl halides is 3. The van der Waals surface area contributed by atoms with Gasteiger partial charge in [-0.05, 0) is 31.2 Å². The third-order valence-corrected chi connectivity index (χ3v) is 3.84. The van der Waals surface area contributed by atoms with Crippen molar-refractivity contribution in [2.75, 3.05) is 19.8 Å². The average molecular weight is 267 g/mol. The van der Waals surface area contributed by atoms with Crippen LogP contribution in [0.25, 0.3) is 0 Å². The Morgan fingerprint density at radius 1 is 1.22 bits per heavy atom. The summed E-state index contributed by atoms with van der Waals surface area (Å²) in [6.45, 7) is 4.29. The third kappa shape index (κ3) is 6.05. The van der Waals surface area contributed by atoms with Crippen LogP contribution >= 0.6 is 0 Å². The van der Waals surface area contributed by atoms with E-state index < -0.39 is 12.8 Å². The lowest BCUT2D eigenvalue weighted by molar-refractivity contribution is -0.174. The molecule has 1 fully saturated rings.